The lowest BCUT2D eigenvalue weighted by atomic mass is 9.57. The number of hydrogen-bond donors (Lipinski definition) is 2. The average molecular weight is 382 g/mol. The molecule has 1 saturated carbocycles. The summed E-state index contributed by atoms with van der Waals surface area (Å²) in [6.45, 7) is 10.8. The molecule has 0 aromatic heterocycles. The van der Waals surface area contributed by atoms with Gasteiger partial charge in [0.2, 0.25) is 5.91 Å². The number of nitrogens with zero attached hydrogens (tertiary/aromatic N) is 3. The van der Waals surface area contributed by atoms with E-state index in [1.54, 1.807) is 19.0 Å². The van der Waals surface area contributed by atoms with Gasteiger partial charge in [-0.3, -0.25) is 9.69 Å². The van der Waals surface area contributed by atoms with Gasteiger partial charge in [-0.05, 0) is 6.42 Å². The molecular weight excluding hydrogens is 346 g/mol. The Morgan fingerprint density at radius 2 is 2.00 bits per heavy atom. The first kappa shape index (κ1) is 20.4. The zero-order chi connectivity index (χ0) is 19.4. The van der Waals surface area contributed by atoms with Crippen LogP contribution in [0.15, 0.2) is 4.99 Å². The Balaban J connectivity index is 1.57. The molecule has 0 spiro atoms. The second kappa shape index (κ2) is 8.75. The molecular formula is C19H35N5O3. The third kappa shape index (κ3) is 4.73. The summed E-state index contributed by atoms with van der Waals surface area (Å²) in [5.41, 5.74) is 0.0688. The lowest BCUT2D eigenvalue weighted by molar-refractivity contribution is -0.127. The Kier molecular flexibility index (Phi) is 6.60. The quantitative estimate of drug-likeness (QED) is 0.488. The number of carbonyl (C=O) groups excluding carboxylic acids is 1. The molecule has 3 fully saturated rings. The highest BCUT2D eigenvalue weighted by Gasteiger charge is 2.59. The molecule has 0 radical (unpaired) electrons. The van der Waals surface area contributed by atoms with Gasteiger partial charge < -0.3 is 25.0 Å². The molecule has 8 nitrogen and oxygen atoms in total. The second-order valence-electron chi connectivity index (χ2n) is 8.52. The van der Waals surface area contributed by atoms with Crippen LogP contribution in [-0.2, 0) is 14.3 Å². The van der Waals surface area contributed by atoms with Gasteiger partial charge in [-0.15, -0.1) is 0 Å². The molecule has 3 aliphatic rings. The van der Waals surface area contributed by atoms with E-state index in [2.05, 4.69) is 34.4 Å². The van der Waals surface area contributed by atoms with E-state index in [0.29, 0.717) is 18.1 Å². The maximum atomic E-state index is 12.0. The van der Waals surface area contributed by atoms with Crippen molar-refractivity contribution in [3.05, 3.63) is 0 Å². The van der Waals surface area contributed by atoms with Crippen LogP contribution in [0.5, 0.6) is 0 Å². The Labute approximate surface area is 162 Å². The van der Waals surface area contributed by atoms with Crippen molar-refractivity contribution in [3.63, 3.8) is 0 Å². The monoisotopic (exact) mass is 381 g/mol. The molecule has 0 bridgehead atoms. The zero-order valence-electron chi connectivity index (χ0n) is 17.2. The number of likely N-dealkylation sites (N-methyl/N-ethyl adjacent to an activating group) is 1. The van der Waals surface area contributed by atoms with Crippen molar-refractivity contribution in [1.29, 1.82) is 0 Å². The van der Waals surface area contributed by atoms with E-state index >= 15 is 0 Å². The minimum atomic E-state index is -0.000717. The molecule has 1 aliphatic carbocycles. The van der Waals surface area contributed by atoms with Crippen molar-refractivity contribution < 1.29 is 14.3 Å². The van der Waals surface area contributed by atoms with Crippen molar-refractivity contribution in [2.75, 3.05) is 66.6 Å². The fourth-order valence-electron chi connectivity index (χ4n) is 4.36. The van der Waals surface area contributed by atoms with Gasteiger partial charge in [-0.25, -0.2) is 4.99 Å². The first-order valence-corrected chi connectivity index (χ1v) is 10.1. The number of hydrogen-bond acceptors (Lipinski definition) is 5. The highest BCUT2D eigenvalue weighted by Crippen LogP contribution is 2.52. The molecule has 0 aromatic rings. The number of guanidine groups is 1. The number of morpholine rings is 1. The third-order valence-corrected chi connectivity index (χ3v) is 6.09. The molecule has 2 N–H and O–H groups in total. The average Bonchev–Trinajstić information content (AvgIpc) is 3.11. The van der Waals surface area contributed by atoms with Crippen LogP contribution in [0.2, 0.25) is 0 Å². The summed E-state index contributed by atoms with van der Waals surface area (Å²) in [4.78, 5) is 20.5. The van der Waals surface area contributed by atoms with Gasteiger partial charge in [0.05, 0.1) is 19.3 Å². The molecule has 1 amide bonds. The lowest BCUT2D eigenvalue weighted by Crippen LogP contribution is -2.68. The van der Waals surface area contributed by atoms with Crippen LogP contribution in [0.25, 0.3) is 0 Å². The van der Waals surface area contributed by atoms with Crippen LogP contribution in [0.4, 0.5) is 0 Å². The van der Waals surface area contributed by atoms with Crippen LogP contribution in [0.1, 0.15) is 20.3 Å². The Morgan fingerprint density at radius 3 is 2.70 bits per heavy atom. The highest BCUT2D eigenvalue weighted by molar-refractivity contribution is 5.85. The topological polar surface area (TPSA) is 78.4 Å². The number of rotatable bonds is 6. The Morgan fingerprint density at radius 1 is 1.26 bits per heavy atom. The number of fused-ring (bicyclic) bond motifs is 1. The van der Waals surface area contributed by atoms with E-state index in [0.717, 1.165) is 58.4 Å². The molecule has 3 rings (SSSR count). The Hall–Kier alpha value is -1.38. The maximum absolute atomic E-state index is 12.0. The standard InChI is InChI=1S/C19H35N5O3/c1-19(2)16(14-5-10-27-17(14)19)22-18(21-13-15(25)23(3)4)20-6-7-24-8-11-26-12-9-24/h14,16-17H,5-13H2,1-4H3,(H2,20,21,22). The number of aliphatic imine (C=N–C) groups is 1. The van der Waals surface area contributed by atoms with Crippen LogP contribution < -0.4 is 10.6 Å². The molecule has 2 aliphatic heterocycles. The third-order valence-electron chi connectivity index (χ3n) is 6.09. The van der Waals surface area contributed by atoms with E-state index < -0.39 is 0 Å². The molecule has 154 valence electrons. The minimum absolute atomic E-state index is 0.000717. The normalized spacial score (nSPS) is 30.4. The molecule has 27 heavy (non-hydrogen) atoms. The van der Waals surface area contributed by atoms with E-state index in [4.69, 9.17) is 9.47 Å². The summed E-state index contributed by atoms with van der Waals surface area (Å²) in [5, 5.41) is 7.02. The van der Waals surface area contributed by atoms with Gasteiger partial charge in [0.15, 0.2) is 5.96 Å². The fourth-order valence-corrected chi connectivity index (χ4v) is 4.36. The van der Waals surface area contributed by atoms with E-state index in [9.17, 15) is 4.79 Å². The van der Waals surface area contributed by atoms with Crippen molar-refractivity contribution in [3.8, 4) is 0 Å². The largest absolute Gasteiger partial charge is 0.379 e. The summed E-state index contributed by atoms with van der Waals surface area (Å²) in [5.74, 6) is 1.25. The smallest absolute Gasteiger partial charge is 0.243 e. The van der Waals surface area contributed by atoms with Crippen LogP contribution in [0, 0.1) is 11.3 Å². The van der Waals surface area contributed by atoms with E-state index in [-0.39, 0.29) is 17.9 Å². The number of ether oxygens (including phenoxy) is 2. The predicted octanol–water partition coefficient (Wildman–Crippen LogP) is -0.244. The van der Waals surface area contributed by atoms with Crippen molar-refractivity contribution in [2.24, 2.45) is 16.3 Å². The van der Waals surface area contributed by atoms with Crippen LogP contribution in [0.3, 0.4) is 0 Å². The second-order valence-corrected chi connectivity index (χ2v) is 8.52. The molecule has 0 aromatic carbocycles. The molecule has 8 heteroatoms. The summed E-state index contributed by atoms with van der Waals surface area (Å²) in [6.07, 6.45) is 1.41. The van der Waals surface area contributed by atoms with Crippen molar-refractivity contribution >= 4 is 11.9 Å². The SMILES string of the molecule is CN(C)C(=O)CN=C(NCCN1CCOCC1)NC1C2CCOC2C1(C)C. The number of amides is 1. The molecule has 2 heterocycles. The summed E-state index contributed by atoms with van der Waals surface area (Å²) in [6, 6.07) is 0.314. The zero-order valence-corrected chi connectivity index (χ0v) is 17.2. The van der Waals surface area contributed by atoms with Crippen molar-refractivity contribution in [1.82, 2.24) is 20.4 Å². The van der Waals surface area contributed by atoms with Gasteiger partial charge in [0.1, 0.15) is 6.54 Å². The first-order chi connectivity index (χ1) is 12.9. The van der Waals surface area contributed by atoms with Gasteiger partial charge in [0, 0.05) is 64.3 Å². The Bertz CT molecular complexity index is 545. The predicted molar refractivity (Wildman–Crippen MR) is 105 cm³/mol. The molecule has 3 unspecified atom stereocenters. The lowest BCUT2D eigenvalue weighted by Gasteiger charge is -2.55. The van der Waals surface area contributed by atoms with Crippen LogP contribution >= 0.6 is 0 Å². The van der Waals surface area contributed by atoms with Crippen molar-refractivity contribution in [2.45, 2.75) is 32.4 Å². The number of nitrogens with one attached hydrogen (secondary N) is 2. The van der Waals surface area contributed by atoms with Crippen LogP contribution in [-0.4, -0.2) is 100 Å². The summed E-state index contributed by atoms with van der Waals surface area (Å²) >= 11 is 0. The first-order valence-electron chi connectivity index (χ1n) is 10.1. The minimum Gasteiger partial charge on any atom is -0.379 e. The van der Waals surface area contributed by atoms with Gasteiger partial charge >= 0.3 is 0 Å². The van der Waals surface area contributed by atoms with Gasteiger partial charge in [-0.2, -0.15) is 0 Å². The van der Waals surface area contributed by atoms with Gasteiger partial charge in [0.25, 0.3) is 0 Å². The maximum Gasteiger partial charge on any atom is 0.243 e. The molecule has 3 atom stereocenters. The number of carbonyl (C=O) groups is 1. The summed E-state index contributed by atoms with van der Waals surface area (Å²) < 4.78 is 11.3. The van der Waals surface area contributed by atoms with Gasteiger partial charge in [-0.1, -0.05) is 13.8 Å². The van der Waals surface area contributed by atoms with E-state index in [1.807, 2.05) is 0 Å². The van der Waals surface area contributed by atoms with E-state index in [1.165, 1.54) is 0 Å². The highest BCUT2D eigenvalue weighted by atomic mass is 16.5. The summed E-state index contributed by atoms with van der Waals surface area (Å²) in [7, 11) is 3.51. The molecule has 2 saturated heterocycles. The fraction of sp³-hybridized carbons (Fsp3) is 0.895.